The minimum absolute atomic E-state index is 0.701. The van der Waals surface area contributed by atoms with Crippen LogP contribution in [0.5, 0.6) is 5.75 Å². The van der Waals surface area contributed by atoms with Gasteiger partial charge in [-0.2, -0.15) is 0 Å². The molecule has 2 rings (SSSR count). The first kappa shape index (κ1) is 14.4. The minimum Gasteiger partial charge on any atom is -0.493 e. The van der Waals surface area contributed by atoms with Crippen molar-refractivity contribution < 1.29 is 9.84 Å². The van der Waals surface area contributed by atoms with Crippen LogP contribution in [0.4, 0.5) is 0 Å². The number of aliphatic hydroxyl groups is 1. The average molecular weight is 263 g/mol. The van der Waals surface area contributed by atoms with E-state index in [0.717, 1.165) is 50.3 Å². The fourth-order valence-electron chi connectivity index (χ4n) is 2.58. The van der Waals surface area contributed by atoms with Gasteiger partial charge in [-0.05, 0) is 51.3 Å². The van der Waals surface area contributed by atoms with Gasteiger partial charge in [0.15, 0.2) is 0 Å². The Morgan fingerprint density at radius 1 is 1.37 bits per heavy atom. The van der Waals surface area contributed by atoms with Crippen LogP contribution in [-0.2, 0) is 12.0 Å². The van der Waals surface area contributed by atoms with Crippen molar-refractivity contribution in [3.63, 3.8) is 0 Å². The highest BCUT2D eigenvalue weighted by Gasteiger charge is 2.28. The van der Waals surface area contributed by atoms with Gasteiger partial charge in [0.25, 0.3) is 0 Å². The summed E-state index contributed by atoms with van der Waals surface area (Å²) in [5.41, 5.74) is 1.33. The fraction of sp³-hybridized carbons (Fsp3) is 0.625. The van der Waals surface area contributed by atoms with Gasteiger partial charge in [0.1, 0.15) is 5.75 Å². The Bertz CT molecular complexity index is 415. The largest absolute Gasteiger partial charge is 0.493 e. The van der Waals surface area contributed by atoms with Gasteiger partial charge in [-0.3, -0.25) is 0 Å². The number of rotatable bonds is 6. The maximum Gasteiger partial charge on any atom is 0.128 e. The molecule has 0 spiro atoms. The molecule has 1 atom stereocenters. The molecule has 2 N–H and O–H groups in total. The monoisotopic (exact) mass is 263 g/mol. The van der Waals surface area contributed by atoms with E-state index in [4.69, 9.17) is 4.74 Å². The van der Waals surface area contributed by atoms with Crippen LogP contribution in [0.1, 0.15) is 44.2 Å². The van der Waals surface area contributed by atoms with Crippen molar-refractivity contribution in [2.24, 2.45) is 0 Å². The molecule has 1 aromatic rings. The second kappa shape index (κ2) is 6.40. The number of benzene rings is 1. The number of nitrogens with one attached hydrogen (secondary N) is 1. The number of ether oxygens (including phenoxy) is 1. The molecule has 0 radical (unpaired) electrons. The highest BCUT2D eigenvalue weighted by atomic mass is 16.5. The molecule has 0 saturated heterocycles. The van der Waals surface area contributed by atoms with Gasteiger partial charge in [0.2, 0.25) is 0 Å². The molecular weight excluding hydrogens is 238 g/mol. The molecule has 1 aliphatic rings. The van der Waals surface area contributed by atoms with Gasteiger partial charge in [0.05, 0.1) is 12.2 Å². The molecule has 19 heavy (non-hydrogen) atoms. The SMILES string of the molecule is CCCNCCC(C)(O)c1cccc2c1OCCC2. The summed E-state index contributed by atoms with van der Waals surface area (Å²) in [7, 11) is 0. The van der Waals surface area contributed by atoms with Crippen molar-refractivity contribution in [3.05, 3.63) is 29.3 Å². The number of para-hydroxylation sites is 1. The summed E-state index contributed by atoms with van der Waals surface area (Å²) in [5.74, 6) is 0.911. The third kappa shape index (κ3) is 3.48. The third-order valence-electron chi connectivity index (χ3n) is 3.73. The average Bonchev–Trinajstić information content (AvgIpc) is 2.43. The van der Waals surface area contributed by atoms with Crippen LogP contribution >= 0.6 is 0 Å². The lowest BCUT2D eigenvalue weighted by molar-refractivity contribution is 0.0442. The molecule has 0 bridgehead atoms. The summed E-state index contributed by atoms with van der Waals surface area (Å²) in [4.78, 5) is 0. The topological polar surface area (TPSA) is 41.5 Å². The lowest BCUT2D eigenvalue weighted by atomic mass is 9.88. The normalized spacial score (nSPS) is 17.4. The van der Waals surface area contributed by atoms with Crippen LogP contribution in [0.25, 0.3) is 0 Å². The van der Waals surface area contributed by atoms with Gasteiger partial charge >= 0.3 is 0 Å². The van der Waals surface area contributed by atoms with E-state index in [1.165, 1.54) is 5.56 Å². The molecule has 1 aliphatic heterocycles. The van der Waals surface area contributed by atoms with Crippen molar-refractivity contribution in [3.8, 4) is 5.75 Å². The molecular formula is C16H25NO2. The Balaban J connectivity index is 2.11. The maximum atomic E-state index is 10.7. The molecule has 3 nitrogen and oxygen atoms in total. The highest BCUT2D eigenvalue weighted by Crippen LogP contribution is 2.37. The summed E-state index contributed by atoms with van der Waals surface area (Å²) < 4.78 is 5.79. The van der Waals surface area contributed by atoms with E-state index in [1.54, 1.807) is 0 Å². The Kier molecular flexibility index (Phi) is 4.83. The summed E-state index contributed by atoms with van der Waals surface area (Å²) >= 11 is 0. The van der Waals surface area contributed by atoms with Crippen molar-refractivity contribution in [2.45, 2.75) is 45.1 Å². The Morgan fingerprint density at radius 2 is 2.21 bits per heavy atom. The Labute approximate surface area is 116 Å². The van der Waals surface area contributed by atoms with Crippen molar-refractivity contribution >= 4 is 0 Å². The second-order valence-corrected chi connectivity index (χ2v) is 5.52. The molecule has 0 saturated carbocycles. The second-order valence-electron chi connectivity index (χ2n) is 5.52. The van der Waals surface area contributed by atoms with Gasteiger partial charge in [-0.15, -0.1) is 0 Å². The molecule has 0 amide bonds. The lowest BCUT2D eigenvalue weighted by Gasteiger charge is -2.29. The van der Waals surface area contributed by atoms with Crippen LogP contribution < -0.4 is 10.1 Å². The van der Waals surface area contributed by atoms with E-state index in [2.05, 4.69) is 18.3 Å². The highest BCUT2D eigenvalue weighted by molar-refractivity contribution is 5.45. The van der Waals surface area contributed by atoms with E-state index in [-0.39, 0.29) is 0 Å². The molecule has 0 fully saturated rings. The number of hydrogen-bond donors (Lipinski definition) is 2. The van der Waals surface area contributed by atoms with Gasteiger partial charge in [-0.1, -0.05) is 25.1 Å². The summed E-state index contributed by atoms with van der Waals surface area (Å²) in [6.07, 6.45) is 3.93. The molecule has 1 aromatic carbocycles. The molecule has 0 aliphatic carbocycles. The van der Waals surface area contributed by atoms with E-state index >= 15 is 0 Å². The van der Waals surface area contributed by atoms with Gasteiger partial charge < -0.3 is 15.2 Å². The summed E-state index contributed by atoms with van der Waals surface area (Å²) in [6.45, 7) is 6.61. The third-order valence-corrected chi connectivity index (χ3v) is 3.73. The number of fused-ring (bicyclic) bond motifs is 1. The summed E-state index contributed by atoms with van der Waals surface area (Å²) in [5, 5.41) is 14.1. The van der Waals surface area contributed by atoms with E-state index in [1.807, 2.05) is 19.1 Å². The van der Waals surface area contributed by atoms with Crippen molar-refractivity contribution in [1.82, 2.24) is 5.32 Å². The zero-order chi connectivity index (χ0) is 13.7. The first-order valence-corrected chi connectivity index (χ1v) is 7.33. The Morgan fingerprint density at radius 3 is 3.00 bits per heavy atom. The molecule has 1 unspecified atom stereocenters. The number of aryl methyl sites for hydroxylation is 1. The maximum absolute atomic E-state index is 10.7. The van der Waals surface area contributed by atoms with Crippen LogP contribution in [0, 0.1) is 0 Å². The first-order valence-electron chi connectivity index (χ1n) is 7.33. The van der Waals surface area contributed by atoms with Gasteiger partial charge in [0, 0.05) is 5.56 Å². The van der Waals surface area contributed by atoms with E-state index < -0.39 is 5.60 Å². The van der Waals surface area contributed by atoms with Crippen LogP contribution in [-0.4, -0.2) is 24.8 Å². The quantitative estimate of drug-likeness (QED) is 0.775. The van der Waals surface area contributed by atoms with E-state index in [9.17, 15) is 5.11 Å². The Hall–Kier alpha value is -1.06. The zero-order valence-corrected chi connectivity index (χ0v) is 12.0. The molecule has 1 heterocycles. The van der Waals surface area contributed by atoms with E-state index in [0.29, 0.717) is 6.42 Å². The summed E-state index contributed by atoms with van der Waals surface area (Å²) in [6, 6.07) is 6.12. The lowest BCUT2D eigenvalue weighted by Crippen LogP contribution is -2.29. The number of hydrogen-bond acceptors (Lipinski definition) is 3. The predicted molar refractivity (Wildman–Crippen MR) is 77.6 cm³/mol. The van der Waals surface area contributed by atoms with Crippen LogP contribution in [0.2, 0.25) is 0 Å². The van der Waals surface area contributed by atoms with Gasteiger partial charge in [-0.25, -0.2) is 0 Å². The smallest absolute Gasteiger partial charge is 0.128 e. The minimum atomic E-state index is -0.830. The first-order chi connectivity index (χ1) is 9.15. The molecule has 3 heteroatoms. The molecule has 0 aromatic heterocycles. The van der Waals surface area contributed by atoms with Crippen molar-refractivity contribution in [1.29, 1.82) is 0 Å². The standard InChI is InChI=1S/C16H25NO2/c1-3-10-17-11-9-16(2,18)14-8-4-6-13-7-5-12-19-15(13)14/h4,6,8,17-18H,3,5,7,9-12H2,1-2H3. The fourth-order valence-corrected chi connectivity index (χ4v) is 2.58. The van der Waals surface area contributed by atoms with Crippen molar-refractivity contribution in [2.75, 3.05) is 19.7 Å². The zero-order valence-electron chi connectivity index (χ0n) is 12.0. The van der Waals surface area contributed by atoms with Crippen LogP contribution in [0.3, 0.4) is 0 Å². The predicted octanol–water partition coefficient (Wildman–Crippen LogP) is 2.61. The van der Waals surface area contributed by atoms with Crippen LogP contribution in [0.15, 0.2) is 18.2 Å². The molecule has 106 valence electrons.